The zero-order valence-corrected chi connectivity index (χ0v) is 10.7. The van der Waals surface area contributed by atoms with E-state index in [0.717, 1.165) is 19.3 Å². The molecule has 1 aromatic carbocycles. The van der Waals surface area contributed by atoms with Gasteiger partial charge in [-0.3, -0.25) is 4.79 Å². The summed E-state index contributed by atoms with van der Waals surface area (Å²) in [5.41, 5.74) is 0.701. The average Bonchev–Trinajstić information content (AvgIpc) is 2.36. The van der Waals surface area contributed by atoms with Crippen LogP contribution in [0.1, 0.15) is 44.6 Å². The highest BCUT2D eigenvalue weighted by molar-refractivity contribution is 5.93. The smallest absolute Gasteiger partial charge is 0.157 e. The second-order valence-corrected chi connectivity index (χ2v) is 4.36. The molecule has 1 aromatic rings. The van der Waals surface area contributed by atoms with E-state index in [1.165, 1.54) is 24.6 Å². The molecule has 0 aliphatic heterocycles. The number of phenols is 2. The Kier molecular flexibility index (Phi) is 5.98. The standard InChI is InChI=1S/C15H20O3/c1-2-3-4-5-6-13(16)9-7-12-8-10-14(17)15(18)11-12/h7-11,17-18H,2-6H2,1H3/b9-7+. The SMILES string of the molecule is CCCCCCC(=O)/C=C/c1ccc(O)c(O)c1. The van der Waals surface area contributed by atoms with Gasteiger partial charge < -0.3 is 10.2 Å². The predicted molar refractivity (Wildman–Crippen MR) is 72.6 cm³/mol. The van der Waals surface area contributed by atoms with E-state index in [1.54, 1.807) is 12.1 Å². The molecule has 0 saturated heterocycles. The fraction of sp³-hybridized carbons (Fsp3) is 0.400. The van der Waals surface area contributed by atoms with Crippen LogP contribution in [-0.2, 0) is 4.79 Å². The predicted octanol–water partition coefficient (Wildman–Crippen LogP) is 3.65. The molecule has 0 fully saturated rings. The molecule has 3 nitrogen and oxygen atoms in total. The minimum Gasteiger partial charge on any atom is -0.504 e. The first kappa shape index (κ1) is 14.3. The molecule has 0 amide bonds. The maximum Gasteiger partial charge on any atom is 0.157 e. The summed E-state index contributed by atoms with van der Waals surface area (Å²) in [4.78, 5) is 11.5. The Morgan fingerprint density at radius 3 is 2.61 bits per heavy atom. The minimum atomic E-state index is -0.174. The molecule has 0 atom stereocenters. The van der Waals surface area contributed by atoms with Gasteiger partial charge in [-0.1, -0.05) is 38.3 Å². The summed E-state index contributed by atoms with van der Waals surface area (Å²) in [6.45, 7) is 2.14. The molecule has 18 heavy (non-hydrogen) atoms. The highest BCUT2D eigenvalue weighted by Crippen LogP contribution is 2.25. The molecule has 1 rings (SSSR count). The van der Waals surface area contributed by atoms with Gasteiger partial charge >= 0.3 is 0 Å². The Labute approximate surface area is 108 Å². The number of unbranched alkanes of at least 4 members (excludes halogenated alkanes) is 3. The summed E-state index contributed by atoms with van der Waals surface area (Å²) in [5, 5.41) is 18.4. The van der Waals surface area contributed by atoms with Crippen LogP contribution in [0.15, 0.2) is 24.3 Å². The number of rotatable bonds is 7. The van der Waals surface area contributed by atoms with Crippen molar-refractivity contribution in [2.75, 3.05) is 0 Å². The Morgan fingerprint density at radius 2 is 1.94 bits per heavy atom. The largest absolute Gasteiger partial charge is 0.504 e. The number of hydrogen-bond donors (Lipinski definition) is 2. The third-order valence-corrected chi connectivity index (χ3v) is 2.74. The van der Waals surface area contributed by atoms with Crippen molar-refractivity contribution < 1.29 is 15.0 Å². The van der Waals surface area contributed by atoms with Crippen molar-refractivity contribution in [3.8, 4) is 11.5 Å². The monoisotopic (exact) mass is 248 g/mol. The van der Waals surface area contributed by atoms with Crippen molar-refractivity contribution in [1.29, 1.82) is 0 Å². The van der Waals surface area contributed by atoms with Gasteiger partial charge in [0.15, 0.2) is 17.3 Å². The third kappa shape index (κ3) is 5.04. The molecule has 0 spiro atoms. The third-order valence-electron chi connectivity index (χ3n) is 2.74. The maximum atomic E-state index is 11.5. The van der Waals surface area contributed by atoms with Crippen LogP contribution in [0.4, 0.5) is 0 Å². The van der Waals surface area contributed by atoms with E-state index in [9.17, 15) is 9.90 Å². The van der Waals surface area contributed by atoms with Gasteiger partial charge in [0, 0.05) is 6.42 Å². The summed E-state index contributed by atoms with van der Waals surface area (Å²) in [5.74, 6) is -0.232. The topological polar surface area (TPSA) is 57.5 Å². The first-order valence-electron chi connectivity index (χ1n) is 6.36. The molecule has 0 unspecified atom stereocenters. The molecule has 0 aromatic heterocycles. The van der Waals surface area contributed by atoms with Gasteiger partial charge in [-0.15, -0.1) is 0 Å². The minimum absolute atomic E-state index is 0.0960. The fourth-order valence-electron chi connectivity index (χ4n) is 1.64. The van der Waals surface area contributed by atoms with Crippen molar-refractivity contribution in [2.45, 2.75) is 39.0 Å². The van der Waals surface area contributed by atoms with E-state index in [2.05, 4.69) is 6.92 Å². The Hall–Kier alpha value is -1.77. The van der Waals surface area contributed by atoms with E-state index in [-0.39, 0.29) is 17.3 Å². The van der Waals surface area contributed by atoms with Crippen LogP contribution in [-0.4, -0.2) is 16.0 Å². The van der Waals surface area contributed by atoms with Crippen molar-refractivity contribution in [1.82, 2.24) is 0 Å². The van der Waals surface area contributed by atoms with Crippen LogP contribution >= 0.6 is 0 Å². The van der Waals surface area contributed by atoms with Gasteiger partial charge in [-0.2, -0.15) is 0 Å². The molecular formula is C15H20O3. The summed E-state index contributed by atoms with van der Waals surface area (Å²) in [6, 6.07) is 4.48. The van der Waals surface area contributed by atoms with Crippen molar-refractivity contribution >= 4 is 11.9 Å². The van der Waals surface area contributed by atoms with Gasteiger partial charge in [-0.05, 0) is 30.2 Å². The highest BCUT2D eigenvalue weighted by atomic mass is 16.3. The lowest BCUT2D eigenvalue weighted by Crippen LogP contribution is -1.92. The lowest BCUT2D eigenvalue weighted by atomic mass is 10.1. The van der Waals surface area contributed by atoms with Gasteiger partial charge in [-0.25, -0.2) is 0 Å². The van der Waals surface area contributed by atoms with E-state index >= 15 is 0 Å². The average molecular weight is 248 g/mol. The van der Waals surface area contributed by atoms with Crippen LogP contribution in [0.3, 0.4) is 0 Å². The molecule has 0 bridgehead atoms. The number of carbonyl (C=O) groups excluding carboxylic acids is 1. The Bertz CT molecular complexity index is 422. The summed E-state index contributed by atoms with van der Waals surface area (Å²) in [7, 11) is 0. The summed E-state index contributed by atoms with van der Waals surface area (Å²) in [6.07, 6.45) is 8.10. The maximum absolute atomic E-state index is 11.5. The van der Waals surface area contributed by atoms with Crippen molar-refractivity contribution in [3.63, 3.8) is 0 Å². The molecule has 2 N–H and O–H groups in total. The van der Waals surface area contributed by atoms with Gasteiger partial charge in [0.25, 0.3) is 0 Å². The van der Waals surface area contributed by atoms with E-state index in [1.807, 2.05) is 0 Å². The quantitative estimate of drug-likeness (QED) is 0.440. The van der Waals surface area contributed by atoms with Crippen LogP contribution in [0, 0.1) is 0 Å². The van der Waals surface area contributed by atoms with Gasteiger partial charge in [0.2, 0.25) is 0 Å². The van der Waals surface area contributed by atoms with Crippen molar-refractivity contribution in [2.24, 2.45) is 0 Å². The molecule has 98 valence electrons. The zero-order valence-electron chi connectivity index (χ0n) is 10.7. The number of benzene rings is 1. The Morgan fingerprint density at radius 1 is 1.17 bits per heavy atom. The van der Waals surface area contributed by atoms with Crippen LogP contribution in [0.2, 0.25) is 0 Å². The molecule has 0 heterocycles. The summed E-state index contributed by atoms with van der Waals surface area (Å²) < 4.78 is 0. The molecule has 0 aliphatic carbocycles. The normalized spacial score (nSPS) is 10.9. The lowest BCUT2D eigenvalue weighted by Gasteiger charge is -1.99. The number of aromatic hydroxyl groups is 2. The number of allylic oxidation sites excluding steroid dienone is 1. The highest BCUT2D eigenvalue weighted by Gasteiger charge is 1.99. The van der Waals surface area contributed by atoms with Crippen LogP contribution in [0.25, 0.3) is 6.08 Å². The van der Waals surface area contributed by atoms with Crippen LogP contribution < -0.4 is 0 Å². The van der Waals surface area contributed by atoms with Gasteiger partial charge in [0.05, 0.1) is 0 Å². The molecule has 0 aliphatic rings. The molecule has 0 saturated carbocycles. The lowest BCUT2D eigenvalue weighted by molar-refractivity contribution is -0.114. The van der Waals surface area contributed by atoms with Crippen LogP contribution in [0.5, 0.6) is 11.5 Å². The number of hydrogen-bond acceptors (Lipinski definition) is 3. The van der Waals surface area contributed by atoms with E-state index in [0.29, 0.717) is 12.0 Å². The van der Waals surface area contributed by atoms with Crippen molar-refractivity contribution in [3.05, 3.63) is 29.8 Å². The second-order valence-electron chi connectivity index (χ2n) is 4.36. The zero-order chi connectivity index (χ0) is 13.4. The molecule has 0 radical (unpaired) electrons. The number of carbonyl (C=O) groups is 1. The van der Waals surface area contributed by atoms with E-state index in [4.69, 9.17) is 5.11 Å². The van der Waals surface area contributed by atoms with E-state index < -0.39 is 0 Å². The first-order chi connectivity index (χ1) is 8.63. The second kappa shape index (κ2) is 7.54. The number of phenolic OH excluding ortho intramolecular Hbond substituents is 2. The summed E-state index contributed by atoms with van der Waals surface area (Å²) >= 11 is 0. The number of ketones is 1. The Balaban J connectivity index is 2.43. The molecular weight excluding hydrogens is 228 g/mol. The van der Waals surface area contributed by atoms with Gasteiger partial charge in [0.1, 0.15) is 0 Å². The molecule has 3 heteroatoms. The first-order valence-corrected chi connectivity index (χ1v) is 6.36. The fourth-order valence-corrected chi connectivity index (χ4v) is 1.64.